The van der Waals surface area contributed by atoms with Crippen LogP contribution in [0.4, 0.5) is 0 Å². The summed E-state index contributed by atoms with van der Waals surface area (Å²) in [6, 6.07) is 0. The number of hydrogen-bond acceptors (Lipinski definition) is 2. The number of carbonyl (C=O) groups excluding carboxylic acids is 1. The van der Waals surface area contributed by atoms with Crippen molar-refractivity contribution in [3.05, 3.63) is 0 Å². The van der Waals surface area contributed by atoms with E-state index in [9.17, 15) is 0 Å². The Labute approximate surface area is 74.9 Å². The first-order chi connectivity index (χ1) is 1.73. The topological polar surface area (TPSA) is 100 Å². The maximum atomic E-state index is 8.89. The molecule has 0 aliphatic carbocycles. The zero-order valence-electron chi connectivity index (χ0n) is 3.72. The molecule has 0 rings (SSSR count). The molecule has 2 N–H and O–H groups in total. The maximum Gasteiger partial charge on any atom is 3.00 e. The predicted octanol–water partition coefficient (Wildman–Crippen LogP) is -2.19. The van der Waals surface area contributed by atoms with Gasteiger partial charge in [-0.15, -0.1) is 0 Å². The molecule has 0 atom stereocenters. The Hall–Kier alpha value is 0.767. The molecule has 0 heterocycles. The molecule has 0 saturated carbocycles. The summed E-state index contributed by atoms with van der Waals surface area (Å²) in [5.74, 6) is -1.08. The second-order valence-electron chi connectivity index (χ2n) is 0.492. The van der Waals surface area contributed by atoms with Crippen molar-refractivity contribution in [2.45, 2.75) is 6.92 Å². The summed E-state index contributed by atoms with van der Waals surface area (Å²) in [6.45, 7) is 0.972. The van der Waals surface area contributed by atoms with Crippen LogP contribution in [0.25, 0.3) is 0 Å². The number of rotatable bonds is 0. The van der Waals surface area contributed by atoms with Gasteiger partial charge < -0.3 is 20.9 Å². The fourth-order valence-electron chi connectivity index (χ4n) is 0. The largest absolute Gasteiger partial charge is 3.00 e. The number of hydrogen-bond donors (Lipinski definition) is 0. The third kappa shape index (κ3) is 262. The van der Waals surface area contributed by atoms with E-state index in [0.29, 0.717) is 0 Å². The summed E-state index contributed by atoms with van der Waals surface area (Å²) < 4.78 is 0. The van der Waals surface area contributed by atoms with Crippen molar-refractivity contribution in [2.75, 3.05) is 0 Å². The molecular weight excluding hydrogens is 228 g/mol. The number of aliphatic carboxylic acids is 1. The SMILES string of the molecule is CC(=O)[O-].O.[Ce+3].[O-2]. The van der Waals surface area contributed by atoms with E-state index in [-0.39, 0.29) is 52.7 Å². The fourth-order valence-corrected chi connectivity index (χ4v) is 0. The molecule has 0 aliphatic heterocycles. The van der Waals surface area contributed by atoms with Crippen LogP contribution in [0, 0.1) is 41.7 Å². The average Bonchev–Trinajstić information content (AvgIpc) is 0.811. The van der Waals surface area contributed by atoms with Crippen molar-refractivity contribution in [1.29, 1.82) is 0 Å². The molecule has 0 spiro atoms. The Morgan fingerprint density at radius 3 is 1.57 bits per heavy atom. The van der Waals surface area contributed by atoms with Gasteiger partial charge >= 0.3 is 41.7 Å². The molecule has 5 heteroatoms. The molecule has 0 bridgehead atoms. The van der Waals surface area contributed by atoms with E-state index in [2.05, 4.69) is 0 Å². The van der Waals surface area contributed by atoms with Crippen LogP contribution in [0.1, 0.15) is 6.92 Å². The van der Waals surface area contributed by atoms with Crippen molar-refractivity contribution < 1.29 is 62.6 Å². The average molecular weight is 233 g/mol. The molecule has 0 fully saturated rings. The van der Waals surface area contributed by atoms with Gasteiger partial charge in [0.1, 0.15) is 0 Å². The number of carboxylic acids is 1. The van der Waals surface area contributed by atoms with Crippen molar-refractivity contribution in [2.24, 2.45) is 0 Å². The maximum absolute atomic E-state index is 8.89. The predicted molar refractivity (Wildman–Crippen MR) is 15.0 cm³/mol. The molecule has 0 unspecified atom stereocenters. The van der Waals surface area contributed by atoms with Crippen molar-refractivity contribution in [3.63, 3.8) is 0 Å². The Morgan fingerprint density at radius 2 is 1.57 bits per heavy atom. The summed E-state index contributed by atoms with van der Waals surface area (Å²) >= 11 is 0. The van der Waals surface area contributed by atoms with Crippen LogP contribution >= 0.6 is 0 Å². The summed E-state index contributed by atoms with van der Waals surface area (Å²) in [6.07, 6.45) is 0. The van der Waals surface area contributed by atoms with E-state index in [1.807, 2.05) is 0 Å². The zero-order chi connectivity index (χ0) is 3.58. The Morgan fingerprint density at radius 1 is 1.57 bits per heavy atom. The van der Waals surface area contributed by atoms with E-state index in [0.717, 1.165) is 6.92 Å². The minimum absolute atomic E-state index is 0. The quantitative estimate of drug-likeness (QED) is 0.474. The second kappa shape index (κ2) is 15.9. The molecule has 0 aromatic heterocycles. The summed E-state index contributed by atoms with van der Waals surface area (Å²) in [5, 5.41) is 8.89. The fraction of sp³-hybridized carbons (Fsp3) is 0.500. The van der Waals surface area contributed by atoms with Crippen LogP contribution in [0.3, 0.4) is 0 Å². The van der Waals surface area contributed by atoms with Gasteiger partial charge in [0, 0.05) is 5.97 Å². The van der Waals surface area contributed by atoms with E-state index < -0.39 is 5.97 Å². The van der Waals surface area contributed by atoms with E-state index in [4.69, 9.17) is 9.90 Å². The third-order valence-electron chi connectivity index (χ3n) is 0. The first-order valence-electron chi connectivity index (χ1n) is 0.908. The van der Waals surface area contributed by atoms with Crippen LogP contribution in [0.15, 0.2) is 0 Å². The minimum atomic E-state index is -1.08. The van der Waals surface area contributed by atoms with Crippen molar-refractivity contribution in [1.82, 2.24) is 0 Å². The smallest absolute Gasteiger partial charge is 2.00 e. The molecule has 0 aromatic rings. The number of carbonyl (C=O) groups is 1. The van der Waals surface area contributed by atoms with Gasteiger partial charge in [0.2, 0.25) is 0 Å². The second-order valence-corrected chi connectivity index (χ2v) is 0.492. The summed E-state index contributed by atoms with van der Waals surface area (Å²) in [5.41, 5.74) is 0. The van der Waals surface area contributed by atoms with E-state index >= 15 is 0 Å². The van der Waals surface area contributed by atoms with Crippen molar-refractivity contribution >= 4 is 5.97 Å². The molecule has 0 saturated heterocycles. The molecule has 1 radical (unpaired) electrons. The minimum Gasteiger partial charge on any atom is -2.00 e. The van der Waals surface area contributed by atoms with Crippen LogP contribution in [0.2, 0.25) is 0 Å². The van der Waals surface area contributed by atoms with Gasteiger partial charge in [-0.1, -0.05) is 0 Å². The molecule has 0 aromatic carbocycles. The summed E-state index contributed by atoms with van der Waals surface area (Å²) in [7, 11) is 0. The molecule has 41 valence electrons. The Kier molecular flexibility index (Phi) is 56.8. The zero-order valence-corrected chi connectivity index (χ0v) is 6.86. The molecule has 7 heavy (non-hydrogen) atoms. The molecule has 0 aliphatic rings. The van der Waals surface area contributed by atoms with Gasteiger partial charge in [0.25, 0.3) is 0 Å². The van der Waals surface area contributed by atoms with Gasteiger partial charge in [0.15, 0.2) is 0 Å². The first kappa shape index (κ1) is 25.1. The standard InChI is InChI=1S/C2H4O2.Ce.H2O.O/c1-2(3)4;;;/h1H3,(H,3,4);;1H2;/q;+3;;-2/p-1. The normalized spacial score (nSPS) is 3.57. The third-order valence-corrected chi connectivity index (χ3v) is 0. The van der Waals surface area contributed by atoms with E-state index in [1.165, 1.54) is 0 Å². The van der Waals surface area contributed by atoms with E-state index in [1.54, 1.807) is 0 Å². The molecular formula is C2H5CeO4. The Balaban J connectivity index is -0.0000000150. The van der Waals surface area contributed by atoms with Gasteiger partial charge in [-0.05, 0) is 6.92 Å². The van der Waals surface area contributed by atoms with Gasteiger partial charge in [-0.3, -0.25) is 0 Å². The van der Waals surface area contributed by atoms with Crippen LogP contribution in [-0.4, -0.2) is 11.4 Å². The van der Waals surface area contributed by atoms with Crippen molar-refractivity contribution in [3.8, 4) is 0 Å². The van der Waals surface area contributed by atoms with Gasteiger partial charge in [-0.25, -0.2) is 0 Å². The molecule has 0 amide bonds. The molecule has 4 nitrogen and oxygen atoms in total. The monoisotopic (exact) mass is 233 g/mol. The summed E-state index contributed by atoms with van der Waals surface area (Å²) in [4.78, 5) is 8.89. The van der Waals surface area contributed by atoms with Gasteiger partial charge in [0.05, 0.1) is 0 Å². The number of carboxylic acid groups (broad SMARTS) is 1. The van der Waals surface area contributed by atoms with Crippen LogP contribution < -0.4 is 5.11 Å². The van der Waals surface area contributed by atoms with Crippen LogP contribution in [-0.2, 0) is 10.3 Å². The van der Waals surface area contributed by atoms with Crippen LogP contribution in [0.5, 0.6) is 0 Å². The van der Waals surface area contributed by atoms with Gasteiger partial charge in [-0.2, -0.15) is 0 Å². The first-order valence-corrected chi connectivity index (χ1v) is 0.908. The Bertz CT molecular complexity index is 32.7.